The molecule has 0 amide bonds. The second-order valence-corrected chi connectivity index (χ2v) is 4.36. The number of benzene rings is 2. The lowest BCUT2D eigenvalue weighted by Crippen LogP contribution is -2.18. The molecule has 4 N–H and O–H groups in total. The monoisotopic (exact) mass is 272 g/mol. The standard InChI is InChI=1S/C14H12N2O2S/c15-14(19)16-10-5-3-4-9(8-10)11-6-1-2-7-12(11)13(17)18/h1-8H,(H,17,18)(H3,15,16,19). The molecule has 0 radical (unpaired) electrons. The zero-order chi connectivity index (χ0) is 13.8. The Labute approximate surface area is 115 Å². The normalized spacial score (nSPS) is 9.89. The Bertz CT molecular complexity index is 641. The quantitative estimate of drug-likeness (QED) is 0.749. The highest BCUT2D eigenvalue weighted by molar-refractivity contribution is 7.80. The molecule has 2 aromatic rings. The Kier molecular flexibility index (Phi) is 3.77. The van der Waals surface area contributed by atoms with Gasteiger partial charge in [-0.15, -0.1) is 0 Å². The number of nitrogens with one attached hydrogen (secondary N) is 1. The molecular formula is C14H12N2O2S. The van der Waals surface area contributed by atoms with E-state index in [-0.39, 0.29) is 10.7 Å². The van der Waals surface area contributed by atoms with Crippen LogP contribution in [0.2, 0.25) is 0 Å². The molecule has 0 saturated carbocycles. The molecule has 5 heteroatoms. The van der Waals surface area contributed by atoms with Crippen molar-refractivity contribution >= 4 is 29.0 Å². The highest BCUT2D eigenvalue weighted by Crippen LogP contribution is 2.26. The zero-order valence-electron chi connectivity index (χ0n) is 9.96. The molecule has 0 aromatic heterocycles. The van der Waals surface area contributed by atoms with E-state index in [4.69, 9.17) is 18.0 Å². The summed E-state index contributed by atoms with van der Waals surface area (Å²) in [6, 6.07) is 14.1. The highest BCUT2D eigenvalue weighted by Gasteiger charge is 2.10. The Balaban J connectivity index is 2.47. The van der Waals surface area contributed by atoms with E-state index in [1.54, 1.807) is 30.3 Å². The number of carboxylic acid groups (broad SMARTS) is 1. The van der Waals surface area contributed by atoms with Gasteiger partial charge in [0.2, 0.25) is 0 Å². The van der Waals surface area contributed by atoms with Gasteiger partial charge in [0, 0.05) is 5.69 Å². The van der Waals surface area contributed by atoms with Crippen LogP contribution >= 0.6 is 12.2 Å². The molecule has 19 heavy (non-hydrogen) atoms. The second kappa shape index (κ2) is 5.49. The third-order valence-corrected chi connectivity index (χ3v) is 2.70. The molecule has 0 bridgehead atoms. The summed E-state index contributed by atoms with van der Waals surface area (Å²) in [6.07, 6.45) is 0. The van der Waals surface area contributed by atoms with Crippen LogP contribution in [0, 0.1) is 0 Å². The van der Waals surface area contributed by atoms with Crippen molar-refractivity contribution in [3.8, 4) is 11.1 Å². The van der Waals surface area contributed by atoms with Gasteiger partial charge in [-0.25, -0.2) is 4.79 Å². The third-order valence-electron chi connectivity index (χ3n) is 2.60. The largest absolute Gasteiger partial charge is 0.478 e. The summed E-state index contributed by atoms with van der Waals surface area (Å²) < 4.78 is 0. The van der Waals surface area contributed by atoms with Gasteiger partial charge in [-0.2, -0.15) is 0 Å². The van der Waals surface area contributed by atoms with Crippen LogP contribution in [0.4, 0.5) is 5.69 Å². The van der Waals surface area contributed by atoms with Gasteiger partial charge in [-0.1, -0.05) is 30.3 Å². The van der Waals surface area contributed by atoms with Crippen molar-refractivity contribution in [1.82, 2.24) is 0 Å². The highest BCUT2D eigenvalue weighted by atomic mass is 32.1. The first-order chi connectivity index (χ1) is 9.08. The molecular weight excluding hydrogens is 260 g/mol. The van der Waals surface area contributed by atoms with Gasteiger partial charge >= 0.3 is 5.97 Å². The lowest BCUT2D eigenvalue weighted by Gasteiger charge is -2.09. The molecule has 0 saturated heterocycles. The predicted molar refractivity (Wildman–Crippen MR) is 79.2 cm³/mol. The van der Waals surface area contributed by atoms with Crippen LogP contribution in [0.15, 0.2) is 48.5 Å². The molecule has 0 unspecified atom stereocenters. The van der Waals surface area contributed by atoms with Crippen molar-refractivity contribution in [2.24, 2.45) is 5.73 Å². The molecule has 4 nitrogen and oxygen atoms in total. The number of nitrogens with two attached hydrogens (primary N) is 1. The van der Waals surface area contributed by atoms with E-state index in [2.05, 4.69) is 5.32 Å². The fraction of sp³-hybridized carbons (Fsp3) is 0. The fourth-order valence-electron chi connectivity index (χ4n) is 1.83. The summed E-state index contributed by atoms with van der Waals surface area (Å²) in [5.41, 5.74) is 7.85. The SMILES string of the molecule is NC(=S)Nc1cccc(-c2ccccc2C(=O)O)c1. The van der Waals surface area contributed by atoms with Gasteiger partial charge in [0.25, 0.3) is 0 Å². The van der Waals surface area contributed by atoms with Crippen molar-refractivity contribution in [3.05, 3.63) is 54.1 Å². The molecule has 0 atom stereocenters. The first kappa shape index (κ1) is 13.0. The lowest BCUT2D eigenvalue weighted by atomic mass is 9.99. The maximum Gasteiger partial charge on any atom is 0.336 e. The minimum absolute atomic E-state index is 0.170. The summed E-state index contributed by atoms with van der Waals surface area (Å²) >= 11 is 4.78. The third kappa shape index (κ3) is 3.08. The maximum atomic E-state index is 11.2. The first-order valence-electron chi connectivity index (χ1n) is 5.57. The number of hydrogen-bond acceptors (Lipinski definition) is 2. The van der Waals surface area contributed by atoms with Crippen LogP contribution in [-0.4, -0.2) is 16.2 Å². The van der Waals surface area contributed by atoms with Crippen molar-refractivity contribution in [2.75, 3.05) is 5.32 Å². The number of anilines is 1. The van der Waals surface area contributed by atoms with Crippen molar-refractivity contribution < 1.29 is 9.90 Å². The zero-order valence-corrected chi connectivity index (χ0v) is 10.8. The smallest absolute Gasteiger partial charge is 0.336 e. The number of thiocarbonyl (C=S) groups is 1. The van der Waals surface area contributed by atoms with E-state index in [9.17, 15) is 9.90 Å². The molecule has 0 heterocycles. The summed E-state index contributed by atoms with van der Waals surface area (Å²) in [6.45, 7) is 0. The van der Waals surface area contributed by atoms with Crippen LogP contribution in [0.3, 0.4) is 0 Å². The van der Waals surface area contributed by atoms with E-state index in [0.29, 0.717) is 5.56 Å². The average Bonchev–Trinajstić information content (AvgIpc) is 2.38. The lowest BCUT2D eigenvalue weighted by molar-refractivity contribution is 0.0697. The minimum atomic E-state index is -0.955. The van der Waals surface area contributed by atoms with Crippen LogP contribution in [0.25, 0.3) is 11.1 Å². The topological polar surface area (TPSA) is 75.3 Å². The molecule has 96 valence electrons. The van der Waals surface area contributed by atoms with E-state index in [1.807, 2.05) is 18.2 Å². The van der Waals surface area contributed by atoms with E-state index in [1.165, 1.54) is 0 Å². The molecule has 0 aliphatic heterocycles. The van der Waals surface area contributed by atoms with E-state index >= 15 is 0 Å². The van der Waals surface area contributed by atoms with Crippen LogP contribution in [0.1, 0.15) is 10.4 Å². The average molecular weight is 272 g/mol. The summed E-state index contributed by atoms with van der Waals surface area (Å²) in [4.78, 5) is 11.2. The number of hydrogen-bond donors (Lipinski definition) is 3. The van der Waals surface area contributed by atoms with Crippen molar-refractivity contribution in [3.63, 3.8) is 0 Å². The van der Waals surface area contributed by atoms with Gasteiger partial charge in [-0.3, -0.25) is 0 Å². The summed E-state index contributed by atoms with van der Waals surface area (Å²) in [7, 11) is 0. The summed E-state index contributed by atoms with van der Waals surface area (Å²) in [5, 5.41) is 12.2. The predicted octanol–water partition coefficient (Wildman–Crippen LogP) is 2.71. The van der Waals surface area contributed by atoms with Crippen LogP contribution in [0.5, 0.6) is 0 Å². The van der Waals surface area contributed by atoms with Gasteiger partial charge in [0.1, 0.15) is 0 Å². The van der Waals surface area contributed by atoms with Crippen molar-refractivity contribution in [2.45, 2.75) is 0 Å². The van der Waals surface area contributed by atoms with Crippen LogP contribution in [-0.2, 0) is 0 Å². The number of carboxylic acids is 1. The minimum Gasteiger partial charge on any atom is -0.478 e. The van der Waals surface area contributed by atoms with Gasteiger partial charge in [0.05, 0.1) is 5.56 Å². The molecule has 0 aliphatic rings. The number of rotatable bonds is 3. The number of carbonyl (C=O) groups is 1. The molecule has 0 aliphatic carbocycles. The maximum absolute atomic E-state index is 11.2. The molecule has 2 aromatic carbocycles. The molecule has 0 spiro atoms. The Morgan fingerprint density at radius 2 is 1.89 bits per heavy atom. The Morgan fingerprint density at radius 3 is 2.58 bits per heavy atom. The first-order valence-corrected chi connectivity index (χ1v) is 5.98. The van der Waals surface area contributed by atoms with Crippen LogP contribution < -0.4 is 11.1 Å². The van der Waals surface area contributed by atoms with Crippen molar-refractivity contribution in [1.29, 1.82) is 0 Å². The molecule has 2 rings (SSSR count). The Morgan fingerprint density at radius 1 is 1.16 bits per heavy atom. The fourth-order valence-corrected chi connectivity index (χ4v) is 1.95. The number of aromatic carboxylic acids is 1. The van der Waals surface area contributed by atoms with Gasteiger partial charge in [-0.05, 0) is 41.5 Å². The summed E-state index contributed by atoms with van der Waals surface area (Å²) in [5.74, 6) is -0.955. The van der Waals surface area contributed by atoms with E-state index in [0.717, 1.165) is 11.3 Å². The molecule has 0 fully saturated rings. The van der Waals surface area contributed by atoms with Gasteiger partial charge < -0.3 is 16.2 Å². The Hall–Kier alpha value is -2.40. The van der Waals surface area contributed by atoms with Gasteiger partial charge in [0.15, 0.2) is 5.11 Å². The van der Waals surface area contributed by atoms with E-state index < -0.39 is 5.97 Å². The second-order valence-electron chi connectivity index (χ2n) is 3.92.